The van der Waals surface area contributed by atoms with Crippen molar-refractivity contribution in [3.8, 4) is 0 Å². The highest BCUT2D eigenvalue weighted by atomic mass is 35.5. The molecule has 0 saturated heterocycles. The van der Waals surface area contributed by atoms with E-state index in [1.165, 1.54) is 17.5 Å². The Morgan fingerprint density at radius 1 is 1.50 bits per heavy atom. The molecule has 0 radical (unpaired) electrons. The fourth-order valence-corrected chi connectivity index (χ4v) is 3.11. The number of hydrogen-bond donors (Lipinski definition) is 1. The molecule has 1 atom stereocenters. The van der Waals surface area contributed by atoms with Gasteiger partial charge in [-0.3, -0.25) is 0 Å². The summed E-state index contributed by atoms with van der Waals surface area (Å²) in [5.74, 6) is 0.732. The topological polar surface area (TPSA) is 38.9 Å². The number of benzene rings is 1. The lowest BCUT2D eigenvalue weighted by Gasteiger charge is -2.06. The van der Waals surface area contributed by atoms with Gasteiger partial charge in [-0.15, -0.1) is 11.3 Å². The highest BCUT2D eigenvalue weighted by Gasteiger charge is 2.29. The normalized spacial score (nSPS) is 17.9. The van der Waals surface area contributed by atoms with Crippen molar-refractivity contribution < 1.29 is 0 Å². The minimum Gasteiger partial charge on any atom is -0.327 e. The summed E-state index contributed by atoms with van der Waals surface area (Å²) < 4.78 is 1.20. The maximum atomic E-state index is 6.10. The molecule has 0 bridgehead atoms. The van der Waals surface area contributed by atoms with Gasteiger partial charge < -0.3 is 5.73 Å². The molecule has 0 spiro atoms. The van der Waals surface area contributed by atoms with E-state index in [9.17, 15) is 0 Å². The molecule has 84 valence electrons. The van der Waals surface area contributed by atoms with Crippen molar-refractivity contribution in [2.45, 2.75) is 25.3 Å². The Labute approximate surface area is 103 Å². The molecule has 3 rings (SSSR count). The van der Waals surface area contributed by atoms with E-state index in [1.807, 2.05) is 18.2 Å². The summed E-state index contributed by atoms with van der Waals surface area (Å²) in [7, 11) is 0. The maximum Gasteiger partial charge on any atom is 0.0954 e. The number of halogens is 1. The van der Waals surface area contributed by atoms with Gasteiger partial charge in [-0.05, 0) is 37.0 Å². The fraction of sp³-hybridized carbons (Fsp3) is 0.417. The van der Waals surface area contributed by atoms with Crippen LogP contribution in [0.1, 0.15) is 17.8 Å². The van der Waals surface area contributed by atoms with Crippen molar-refractivity contribution in [3.63, 3.8) is 0 Å². The summed E-state index contributed by atoms with van der Waals surface area (Å²) in [5.41, 5.74) is 7.10. The van der Waals surface area contributed by atoms with Crippen molar-refractivity contribution in [3.05, 3.63) is 28.2 Å². The summed E-state index contributed by atoms with van der Waals surface area (Å²) in [4.78, 5) is 4.58. The first-order valence-corrected chi connectivity index (χ1v) is 6.72. The average molecular weight is 253 g/mol. The molecule has 2 nitrogen and oxygen atoms in total. The second-order valence-corrected chi connectivity index (χ2v) is 5.98. The smallest absolute Gasteiger partial charge is 0.0954 e. The van der Waals surface area contributed by atoms with Gasteiger partial charge in [0.25, 0.3) is 0 Å². The highest BCUT2D eigenvalue weighted by molar-refractivity contribution is 7.18. The van der Waals surface area contributed by atoms with E-state index < -0.39 is 0 Å². The van der Waals surface area contributed by atoms with Crippen molar-refractivity contribution in [2.24, 2.45) is 11.7 Å². The third kappa shape index (κ3) is 2.08. The quantitative estimate of drug-likeness (QED) is 0.911. The van der Waals surface area contributed by atoms with Crippen LogP contribution in [0.4, 0.5) is 0 Å². The van der Waals surface area contributed by atoms with Crippen LogP contribution in [0.2, 0.25) is 5.02 Å². The van der Waals surface area contributed by atoms with Crippen molar-refractivity contribution >= 4 is 33.2 Å². The van der Waals surface area contributed by atoms with Gasteiger partial charge in [-0.25, -0.2) is 4.98 Å². The van der Waals surface area contributed by atoms with Crippen LogP contribution in [0.5, 0.6) is 0 Å². The minimum atomic E-state index is 0.288. The van der Waals surface area contributed by atoms with Crippen LogP contribution in [0, 0.1) is 5.92 Å². The number of fused-ring (bicyclic) bond motifs is 1. The molecule has 0 amide bonds. The predicted molar refractivity (Wildman–Crippen MR) is 69.0 cm³/mol. The maximum absolute atomic E-state index is 6.10. The van der Waals surface area contributed by atoms with Gasteiger partial charge in [0.2, 0.25) is 0 Å². The molecular weight excluding hydrogens is 240 g/mol. The van der Waals surface area contributed by atoms with Gasteiger partial charge in [0, 0.05) is 17.5 Å². The van der Waals surface area contributed by atoms with Gasteiger partial charge in [0.15, 0.2) is 0 Å². The molecule has 1 heterocycles. The average Bonchev–Trinajstić information content (AvgIpc) is 3.00. The zero-order chi connectivity index (χ0) is 11.1. The molecule has 4 heteroatoms. The van der Waals surface area contributed by atoms with Gasteiger partial charge in [0.1, 0.15) is 0 Å². The third-order valence-electron chi connectivity index (χ3n) is 3.03. The first-order valence-electron chi connectivity index (χ1n) is 5.53. The number of rotatable bonds is 3. The summed E-state index contributed by atoms with van der Waals surface area (Å²) in [5, 5.41) is 1.88. The monoisotopic (exact) mass is 252 g/mol. The molecule has 2 aromatic rings. The van der Waals surface area contributed by atoms with Crippen LogP contribution in [-0.2, 0) is 6.42 Å². The largest absolute Gasteiger partial charge is 0.327 e. The lowest BCUT2D eigenvalue weighted by molar-refractivity contribution is 0.590. The van der Waals surface area contributed by atoms with Crippen LogP contribution >= 0.6 is 22.9 Å². The molecule has 2 N–H and O–H groups in total. The van der Waals surface area contributed by atoms with E-state index in [0.717, 1.165) is 27.9 Å². The van der Waals surface area contributed by atoms with Crippen LogP contribution < -0.4 is 5.73 Å². The Hall–Kier alpha value is -0.640. The van der Waals surface area contributed by atoms with Gasteiger partial charge >= 0.3 is 0 Å². The summed E-state index contributed by atoms with van der Waals surface area (Å²) in [6.07, 6.45) is 3.48. The SMILES string of the molecule is NC(Cc1nc2cc(Cl)ccc2s1)C1CC1. The molecule has 1 unspecified atom stereocenters. The highest BCUT2D eigenvalue weighted by Crippen LogP contribution is 2.34. The van der Waals surface area contributed by atoms with E-state index in [4.69, 9.17) is 17.3 Å². The summed E-state index contributed by atoms with van der Waals surface area (Å²) >= 11 is 7.66. The Kier molecular flexibility index (Phi) is 2.62. The number of aromatic nitrogens is 1. The van der Waals surface area contributed by atoms with Crippen LogP contribution in [0.3, 0.4) is 0 Å². The van der Waals surface area contributed by atoms with Crippen LogP contribution in [0.25, 0.3) is 10.2 Å². The minimum absolute atomic E-state index is 0.288. The summed E-state index contributed by atoms with van der Waals surface area (Å²) in [6.45, 7) is 0. The van der Waals surface area contributed by atoms with E-state index in [1.54, 1.807) is 11.3 Å². The van der Waals surface area contributed by atoms with Crippen molar-refractivity contribution in [1.82, 2.24) is 4.98 Å². The molecule has 1 saturated carbocycles. The summed E-state index contributed by atoms with van der Waals surface area (Å²) in [6, 6.07) is 6.14. The van der Waals surface area contributed by atoms with E-state index in [-0.39, 0.29) is 6.04 Å². The second-order valence-electron chi connectivity index (χ2n) is 4.43. The van der Waals surface area contributed by atoms with Gasteiger partial charge in [-0.2, -0.15) is 0 Å². The molecule has 16 heavy (non-hydrogen) atoms. The van der Waals surface area contributed by atoms with Crippen LogP contribution in [-0.4, -0.2) is 11.0 Å². The van der Waals surface area contributed by atoms with Crippen LogP contribution in [0.15, 0.2) is 18.2 Å². The second kappa shape index (κ2) is 3.99. The Bertz CT molecular complexity index is 519. The third-order valence-corrected chi connectivity index (χ3v) is 4.33. The van der Waals surface area contributed by atoms with Gasteiger partial charge in [-0.1, -0.05) is 11.6 Å². The molecule has 1 aliphatic rings. The first-order chi connectivity index (χ1) is 7.72. The molecule has 0 aliphatic heterocycles. The first kappa shape index (κ1) is 10.5. The lowest BCUT2D eigenvalue weighted by atomic mass is 10.1. The molecule has 1 aromatic heterocycles. The number of hydrogen-bond acceptors (Lipinski definition) is 3. The standard InChI is InChI=1S/C12H13ClN2S/c13-8-3-4-11-10(5-8)15-12(16-11)6-9(14)7-1-2-7/h3-5,7,9H,1-2,6,14H2. The van der Waals surface area contributed by atoms with E-state index in [0.29, 0.717) is 0 Å². The number of thiazole rings is 1. The number of nitrogens with zero attached hydrogens (tertiary/aromatic N) is 1. The Balaban J connectivity index is 1.86. The zero-order valence-electron chi connectivity index (χ0n) is 8.82. The Morgan fingerprint density at radius 3 is 3.06 bits per heavy atom. The van der Waals surface area contributed by atoms with Crippen molar-refractivity contribution in [2.75, 3.05) is 0 Å². The molecule has 1 aromatic carbocycles. The predicted octanol–water partition coefficient (Wildman–Crippen LogP) is 3.23. The fourth-order valence-electron chi connectivity index (χ4n) is 1.93. The van der Waals surface area contributed by atoms with Crippen molar-refractivity contribution in [1.29, 1.82) is 0 Å². The molecule has 1 aliphatic carbocycles. The lowest BCUT2D eigenvalue weighted by Crippen LogP contribution is -2.24. The zero-order valence-corrected chi connectivity index (χ0v) is 10.4. The van der Waals surface area contributed by atoms with E-state index in [2.05, 4.69) is 4.98 Å². The number of nitrogens with two attached hydrogens (primary N) is 1. The Morgan fingerprint density at radius 2 is 2.31 bits per heavy atom. The molecular formula is C12H13ClN2S. The van der Waals surface area contributed by atoms with E-state index >= 15 is 0 Å². The van der Waals surface area contributed by atoms with Gasteiger partial charge in [0.05, 0.1) is 15.2 Å². The molecule has 1 fully saturated rings.